The van der Waals surface area contributed by atoms with Crippen molar-refractivity contribution in [2.45, 2.75) is 39.5 Å². The van der Waals surface area contributed by atoms with Gasteiger partial charge in [-0.15, -0.1) is 0 Å². The highest BCUT2D eigenvalue weighted by atomic mass is 19.1. The third-order valence-electron chi connectivity index (χ3n) is 4.93. The maximum absolute atomic E-state index is 14.7. The smallest absolute Gasteiger partial charge is 0.182 e. The van der Waals surface area contributed by atoms with E-state index in [1.54, 1.807) is 6.07 Å². The molecule has 0 saturated carbocycles. The average molecular weight is 352 g/mol. The van der Waals surface area contributed by atoms with Crippen molar-refractivity contribution in [3.63, 3.8) is 0 Å². The molecule has 6 heteroatoms. The van der Waals surface area contributed by atoms with E-state index >= 15 is 0 Å². The van der Waals surface area contributed by atoms with Gasteiger partial charge in [-0.05, 0) is 51.3 Å². The monoisotopic (exact) mass is 352 g/mol. The van der Waals surface area contributed by atoms with Gasteiger partial charge >= 0.3 is 0 Å². The van der Waals surface area contributed by atoms with Gasteiger partial charge in [0.15, 0.2) is 5.65 Å². The first-order chi connectivity index (χ1) is 12.5. The number of aromatic nitrogens is 4. The number of ether oxygens (including phenoxy) is 1. The van der Waals surface area contributed by atoms with E-state index in [4.69, 9.17) is 9.72 Å². The minimum atomic E-state index is -0.303. The van der Waals surface area contributed by atoms with Crippen LogP contribution in [0.25, 0.3) is 22.4 Å². The zero-order valence-corrected chi connectivity index (χ0v) is 15.2. The third kappa shape index (κ3) is 3.05. The summed E-state index contributed by atoms with van der Waals surface area (Å²) in [7, 11) is 0. The molecule has 0 radical (unpaired) electrons. The molecular weight excluding hydrogens is 331 g/mol. The van der Waals surface area contributed by atoms with E-state index in [9.17, 15) is 4.39 Å². The van der Waals surface area contributed by atoms with Crippen molar-refractivity contribution in [2.75, 3.05) is 13.2 Å². The Morgan fingerprint density at radius 1 is 0.962 bits per heavy atom. The Morgan fingerprint density at radius 2 is 1.69 bits per heavy atom. The van der Waals surface area contributed by atoms with Crippen molar-refractivity contribution < 1.29 is 9.13 Å². The van der Waals surface area contributed by atoms with E-state index in [2.05, 4.69) is 15.0 Å². The summed E-state index contributed by atoms with van der Waals surface area (Å²) in [6.45, 7) is 7.05. The SMILES string of the molecule is Cc1ccc(-c2nc(C3CCOCC3)nc3nc(C)c(C)nc23)c(F)c1. The number of nitrogens with zero attached hydrogens (tertiary/aromatic N) is 4. The Morgan fingerprint density at radius 3 is 2.42 bits per heavy atom. The molecule has 0 unspecified atom stereocenters. The maximum Gasteiger partial charge on any atom is 0.182 e. The minimum absolute atomic E-state index is 0.198. The van der Waals surface area contributed by atoms with E-state index < -0.39 is 0 Å². The number of hydrogen-bond acceptors (Lipinski definition) is 5. The van der Waals surface area contributed by atoms with Crippen LogP contribution in [-0.2, 0) is 4.74 Å². The standard InChI is InChI=1S/C20H21FN4O/c1-11-4-5-15(16(21)10-11)17-18-20(23-13(3)12(2)22-18)25-19(24-17)14-6-8-26-9-7-14/h4-5,10,14H,6-9H2,1-3H3. The van der Waals surface area contributed by atoms with Gasteiger partial charge in [0.1, 0.15) is 22.9 Å². The van der Waals surface area contributed by atoms with Gasteiger partial charge in [0.05, 0.1) is 11.4 Å². The molecule has 3 heterocycles. The summed E-state index contributed by atoms with van der Waals surface area (Å²) in [4.78, 5) is 18.6. The molecule has 0 bridgehead atoms. The lowest BCUT2D eigenvalue weighted by atomic mass is 9.99. The van der Waals surface area contributed by atoms with Crippen molar-refractivity contribution in [1.82, 2.24) is 19.9 Å². The van der Waals surface area contributed by atoms with Crippen LogP contribution in [0.5, 0.6) is 0 Å². The van der Waals surface area contributed by atoms with Gasteiger partial charge in [-0.3, -0.25) is 0 Å². The number of fused-ring (bicyclic) bond motifs is 1. The lowest BCUT2D eigenvalue weighted by molar-refractivity contribution is 0.0836. The molecule has 0 spiro atoms. The van der Waals surface area contributed by atoms with Crippen molar-refractivity contribution in [2.24, 2.45) is 0 Å². The number of aryl methyl sites for hydroxylation is 3. The summed E-state index contributed by atoms with van der Waals surface area (Å²) in [5.41, 5.74) is 4.52. The van der Waals surface area contributed by atoms with Gasteiger partial charge in [-0.25, -0.2) is 24.3 Å². The van der Waals surface area contributed by atoms with Crippen molar-refractivity contribution in [3.8, 4) is 11.3 Å². The fourth-order valence-electron chi connectivity index (χ4n) is 3.27. The number of halogens is 1. The summed E-state index contributed by atoms with van der Waals surface area (Å²) < 4.78 is 20.1. The number of rotatable bonds is 2. The molecule has 1 aliphatic rings. The topological polar surface area (TPSA) is 60.8 Å². The highest BCUT2D eigenvalue weighted by Crippen LogP contribution is 2.31. The van der Waals surface area contributed by atoms with Gasteiger partial charge in [0.25, 0.3) is 0 Å². The molecule has 2 aromatic heterocycles. The van der Waals surface area contributed by atoms with Crippen LogP contribution in [0.4, 0.5) is 4.39 Å². The fraction of sp³-hybridized carbons (Fsp3) is 0.400. The number of hydrogen-bond donors (Lipinski definition) is 0. The molecule has 0 N–H and O–H groups in total. The Balaban J connectivity index is 1.97. The van der Waals surface area contributed by atoms with Gasteiger partial charge in [0.2, 0.25) is 0 Å². The Labute approximate surface area is 151 Å². The summed E-state index contributed by atoms with van der Waals surface area (Å²) in [5, 5.41) is 0. The number of benzene rings is 1. The van der Waals surface area contributed by atoms with Crippen LogP contribution in [0.2, 0.25) is 0 Å². The normalized spacial score (nSPS) is 15.5. The average Bonchev–Trinajstić information content (AvgIpc) is 2.63. The summed E-state index contributed by atoms with van der Waals surface area (Å²) in [6, 6.07) is 5.16. The van der Waals surface area contributed by atoms with Crippen molar-refractivity contribution >= 4 is 11.2 Å². The Bertz CT molecular complexity index is 983. The molecule has 1 fully saturated rings. The lowest BCUT2D eigenvalue weighted by Crippen LogP contribution is -2.17. The van der Waals surface area contributed by atoms with Crippen LogP contribution in [0, 0.1) is 26.6 Å². The summed E-state index contributed by atoms with van der Waals surface area (Å²) >= 11 is 0. The maximum atomic E-state index is 14.7. The van der Waals surface area contributed by atoms with Crippen LogP contribution in [0.3, 0.4) is 0 Å². The Hall–Kier alpha value is -2.47. The molecule has 26 heavy (non-hydrogen) atoms. The van der Waals surface area contributed by atoms with Gasteiger partial charge in [-0.1, -0.05) is 6.07 Å². The van der Waals surface area contributed by atoms with E-state index in [1.807, 2.05) is 26.8 Å². The molecule has 1 saturated heterocycles. The van der Waals surface area contributed by atoms with Crippen molar-refractivity contribution in [1.29, 1.82) is 0 Å². The fourth-order valence-corrected chi connectivity index (χ4v) is 3.27. The predicted molar refractivity (Wildman–Crippen MR) is 97.5 cm³/mol. The molecule has 5 nitrogen and oxygen atoms in total. The lowest BCUT2D eigenvalue weighted by Gasteiger charge is -2.21. The predicted octanol–water partition coefficient (Wildman–Crippen LogP) is 4.05. The Kier molecular flexibility index (Phi) is 4.36. The largest absolute Gasteiger partial charge is 0.381 e. The molecular formula is C20H21FN4O. The molecule has 1 aliphatic heterocycles. The molecule has 0 amide bonds. The van der Waals surface area contributed by atoms with Crippen LogP contribution < -0.4 is 0 Å². The second-order valence-electron chi connectivity index (χ2n) is 6.87. The first-order valence-electron chi connectivity index (χ1n) is 8.90. The molecule has 3 aromatic rings. The van der Waals surface area contributed by atoms with E-state index in [0.29, 0.717) is 41.5 Å². The molecule has 134 valence electrons. The van der Waals surface area contributed by atoms with Gasteiger partial charge in [0, 0.05) is 24.7 Å². The van der Waals surface area contributed by atoms with Crippen molar-refractivity contribution in [3.05, 3.63) is 46.8 Å². The quantitative estimate of drug-likeness (QED) is 0.696. The van der Waals surface area contributed by atoms with E-state index in [1.165, 1.54) is 6.07 Å². The molecule has 0 atom stereocenters. The van der Waals surface area contributed by atoms with Crippen LogP contribution in [0.1, 0.15) is 41.5 Å². The first-order valence-corrected chi connectivity index (χ1v) is 8.90. The zero-order chi connectivity index (χ0) is 18.3. The second kappa shape index (κ2) is 6.68. The van der Waals surface area contributed by atoms with E-state index in [0.717, 1.165) is 29.8 Å². The second-order valence-corrected chi connectivity index (χ2v) is 6.87. The van der Waals surface area contributed by atoms with Crippen LogP contribution >= 0.6 is 0 Å². The third-order valence-corrected chi connectivity index (χ3v) is 4.93. The molecule has 1 aromatic carbocycles. The van der Waals surface area contributed by atoms with Crippen LogP contribution in [-0.4, -0.2) is 33.1 Å². The summed E-state index contributed by atoms with van der Waals surface area (Å²) in [5.74, 6) is 0.597. The van der Waals surface area contributed by atoms with Crippen LogP contribution in [0.15, 0.2) is 18.2 Å². The van der Waals surface area contributed by atoms with Gasteiger partial charge in [-0.2, -0.15) is 0 Å². The highest BCUT2D eigenvalue weighted by Gasteiger charge is 2.23. The first kappa shape index (κ1) is 17.0. The van der Waals surface area contributed by atoms with Gasteiger partial charge < -0.3 is 4.74 Å². The minimum Gasteiger partial charge on any atom is -0.381 e. The zero-order valence-electron chi connectivity index (χ0n) is 15.2. The molecule has 4 rings (SSSR count). The summed E-state index contributed by atoms with van der Waals surface area (Å²) in [6.07, 6.45) is 1.72. The molecule has 0 aliphatic carbocycles. The highest BCUT2D eigenvalue weighted by molar-refractivity contribution is 5.87. The van der Waals surface area contributed by atoms with E-state index in [-0.39, 0.29) is 11.7 Å².